The highest BCUT2D eigenvalue weighted by Gasteiger charge is 2.16. The van der Waals surface area contributed by atoms with E-state index in [1.165, 1.54) is 18.2 Å². The van der Waals surface area contributed by atoms with Crippen molar-refractivity contribution in [1.82, 2.24) is 10.3 Å². The van der Waals surface area contributed by atoms with Gasteiger partial charge in [0.1, 0.15) is 17.4 Å². The van der Waals surface area contributed by atoms with Gasteiger partial charge in [0.25, 0.3) is 0 Å². The van der Waals surface area contributed by atoms with Crippen molar-refractivity contribution in [3.63, 3.8) is 0 Å². The molecule has 0 bridgehead atoms. The van der Waals surface area contributed by atoms with Gasteiger partial charge < -0.3 is 10.1 Å². The summed E-state index contributed by atoms with van der Waals surface area (Å²) in [6.45, 7) is 8.98. The van der Waals surface area contributed by atoms with Crippen LogP contribution in [-0.2, 0) is 6.54 Å². The second-order valence-corrected chi connectivity index (χ2v) is 6.50. The molecule has 0 unspecified atom stereocenters. The molecule has 3 nitrogen and oxygen atoms in total. The Morgan fingerprint density at radius 3 is 2.52 bits per heavy atom. The fourth-order valence-corrected chi connectivity index (χ4v) is 2.33. The summed E-state index contributed by atoms with van der Waals surface area (Å²) in [6.07, 6.45) is 0.815. The standard InChI is InChI=1S/C20H26F2N2O/c1-5-11-25-19-8-6-7-16(22)20(19)17-10-9-15(21)18(24-17)12-23-14(4)13(2)3/h6-10,13-14,23H,5,11-12H2,1-4H3/t14-/m1/s1. The summed E-state index contributed by atoms with van der Waals surface area (Å²) >= 11 is 0. The summed E-state index contributed by atoms with van der Waals surface area (Å²) in [4.78, 5) is 4.35. The normalized spacial score (nSPS) is 12.4. The van der Waals surface area contributed by atoms with Crippen LogP contribution < -0.4 is 10.1 Å². The highest BCUT2D eigenvalue weighted by Crippen LogP contribution is 2.32. The van der Waals surface area contributed by atoms with Gasteiger partial charge in [-0.3, -0.25) is 0 Å². The fourth-order valence-electron chi connectivity index (χ4n) is 2.33. The number of halogens is 2. The van der Waals surface area contributed by atoms with Crippen molar-refractivity contribution in [3.8, 4) is 17.0 Å². The lowest BCUT2D eigenvalue weighted by molar-refractivity contribution is 0.317. The molecule has 2 aromatic rings. The Labute approximate surface area is 148 Å². The number of hydrogen-bond donors (Lipinski definition) is 1. The second kappa shape index (κ2) is 8.90. The summed E-state index contributed by atoms with van der Waals surface area (Å²) in [5.41, 5.74) is 0.920. The average Bonchev–Trinajstić information content (AvgIpc) is 2.59. The van der Waals surface area contributed by atoms with Crippen LogP contribution in [0.3, 0.4) is 0 Å². The van der Waals surface area contributed by atoms with E-state index in [4.69, 9.17) is 4.74 Å². The molecule has 136 valence electrons. The molecule has 0 aliphatic rings. The molecule has 0 aliphatic heterocycles. The van der Waals surface area contributed by atoms with Crippen LogP contribution in [0.2, 0.25) is 0 Å². The number of pyridine rings is 1. The highest BCUT2D eigenvalue weighted by atomic mass is 19.1. The number of rotatable bonds is 8. The van der Waals surface area contributed by atoms with Gasteiger partial charge in [0.15, 0.2) is 0 Å². The van der Waals surface area contributed by atoms with Crippen LogP contribution in [0, 0.1) is 17.6 Å². The Balaban J connectivity index is 2.33. The SMILES string of the molecule is CCCOc1cccc(F)c1-c1ccc(F)c(CN[C@H](C)C(C)C)n1. The molecule has 5 heteroatoms. The number of aromatic nitrogens is 1. The summed E-state index contributed by atoms with van der Waals surface area (Å²) in [7, 11) is 0. The Bertz CT molecular complexity index is 704. The molecule has 1 N–H and O–H groups in total. The van der Waals surface area contributed by atoms with Crippen molar-refractivity contribution in [3.05, 3.63) is 47.7 Å². The number of nitrogens with one attached hydrogen (secondary N) is 1. The first-order valence-corrected chi connectivity index (χ1v) is 8.74. The predicted molar refractivity (Wildman–Crippen MR) is 96.5 cm³/mol. The van der Waals surface area contributed by atoms with E-state index >= 15 is 0 Å². The largest absolute Gasteiger partial charge is 0.493 e. The molecule has 1 aromatic heterocycles. The lowest BCUT2D eigenvalue weighted by Gasteiger charge is -2.18. The molecular formula is C20H26F2N2O. The maximum Gasteiger partial charge on any atom is 0.146 e. The van der Waals surface area contributed by atoms with Gasteiger partial charge in [-0.2, -0.15) is 0 Å². The number of hydrogen-bond acceptors (Lipinski definition) is 3. The second-order valence-electron chi connectivity index (χ2n) is 6.50. The van der Waals surface area contributed by atoms with Gasteiger partial charge in [-0.1, -0.05) is 26.8 Å². The molecule has 0 saturated heterocycles. The lowest BCUT2D eigenvalue weighted by atomic mass is 10.1. The van der Waals surface area contributed by atoms with Crippen molar-refractivity contribution in [2.45, 2.75) is 46.7 Å². The van der Waals surface area contributed by atoms with Crippen LogP contribution in [0.1, 0.15) is 39.8 Å². The van der Waals surface area contributed by atoms with Crippen LogP contribution in [0.25, 0.3) is 11.3 Å². The van der Waals surface area contributed by atoms with E-state index < -0.39 is 11.6 Å². The quantitative estimate of drug-likeness (QED) is 0.733. The molecule has 0 fully saturated rings. The van der Waals surface area contributed by atoms with E-state index in [9.17, 15) is 8.78 Å². The van der Waals surface area contributed by atoms with E-state index in [1.807, 2.05) is 13.8 Å². The van der Waals surface area contributed by atoms with Crippen molar-refractivity contribution < 1.29 is 13.5 Å². The van der Waals surface area contributed by atoms with Crippen LogP contribution >= 0.6 is 0 Å². The van der Waals surface area contributed by atoms with Crippen molar-refractivity contribution in [2.24, 2.45) is 5.92 Å². The summed E-state index contributed by atoms with van der Waals surface area (Å²) in [5.74, 6) is 0.0176. The Kier molecular flexibility index (Phi) is 6.88. The maximum atomic E-state index is 14.4. The first kappa shape index (κ1) is 19.3. The minimum atomic E-state index is -0.429. The Morgan fingerprint density at radius 1 is 1.08 bits per heavy atom. The molecule has 0 aliphatic carbocycles. The van der Waals surface area contributed by atoms with Crippen LogP contribution in [0.4, 0.5) is 8.78 Å². The first-order chi connectivity index (χ1) is 11.9. The summed E-state index contributed by atoms with van der Waals surface area (Å²) < 4.78 is 34.1. The Morgan fingerprint density at radius 2 is 1.84 bits per heavy atom. The summed E-state index contributed by atoms with van der Waals surface area (Å²) in [5, 5.41) is 3.25. The topological polar surface area (TPSA) is 34.1 Å². The van der Waals surface area contributed by atoms with E-state index in [1.54, 1.807) is 12.1 Å². The van der Waals surface area contributed by atoms with Crippen LogP contribution in [-0.4, -0.2) is 17.6 Å². The molecule has 0 saturated carbocycles. The third kappa shape index (κ3) is 4.98. The molecule has 2 rings (SSSR count). The minimum absolute atomic E-state index is 0.224. The number of benzene rings is 1. The van der Waals surface area contributed by atoms with E-state index in [2.05, 4.69) is 24.1 Å². The molecule has 0 spiro atoms. The molecule has 25 heavy (non-hydrogen) atoms. The monoisotopic (exact) mass is 348 g/mol. The smallest absolute Gasteiger partial charge is 0.146 e. The zero-order valence-electron chi connectivity index (χ0n) is 15.3. The van der Waals surface area contributed by atoms with E-state index in [-0.39, 0.29) is 17.3 Å². The van der Waals surface area contributed by atoms with Gasteiger partial charge in [0.2, 0.25) is 0 Å². The van der Waals surface area contributed by atoms with Crippen molar-refractivity contribution >= 4 is 0 Å². The highest BCUT2D eigenvalue weighted by molar-refractivity contribution is 5.68. The van der Waals surface area contributed by atoms with Gasteiger partial charge >= 0.3 is 0 Å². The Hall–Kier alpha value is -2.01. The molecule has 1 aromatic carbocycles. The maximum absolute atomic E-state index is 14.4. The third-order valence-electron chi connectivity index (χ3n) is 4.20. The van der Waals surface area contributed by atoms with Gasteiger partial charge in [-0.15, -0.1) is 0 Å². The van der Waals surface area contributed by atoms with Crippen LogP contribution in [0.15, 0.2) is 30.3 Å². The van der Waals surface area contributed by atoms with Gasteiger partial charge in [0, 0.05) is 12.6 Å². The summed E-state index contributed by atoms with van der Waals surface area (Å²) in [6, 6.07) is 7.70. The molecule has 0 amide bonds. The van der Waals surface area contributed by atoms with Gasteiger partial charge in [-0.25, -0.2) is 13.8 Å². The molecule has 0 radical (unpaired) electrons. The van der Waals surface area contributed by atoms with E-state index in [0.29, 0.717) is 30.5 Å². The first-order valence-electron chi connectivity index (χ1n) is 8.74. The van der Waals surface area contributed by atoms with Gasteiger partial charge in [0.05, 0.1) is 23.6 Å². The zero-order valence-corrected chi connectivity index (χ0v) is 15.3. The molecule has 1 heterocycles. The van der Waals surface area contributed by atoms with Crippen molar-refractivity contribution in [2.75, 3.05) is 6.61 Å². The number of nitrogens with zero attached hydrogens (tertiary/aromatic N) is 1. The van der Waals surface area contributed by atoms with Crippen molar-refractivity contribution in [1.29, 1.82) is 0 Å². The van der Waals surface area contributed by atoms with Crippen LogP contribution in [0.5, 0.6) is 5.75 Å². The predicted octanol–water partition coefficient (Wildman–Crippen LogP) is 4.95. The minimum Gasteiger partial charge on any atom is -0.493 e. The zero-order chi connectivity index (χ0) is 18.4. The average molecular weight is 348 g/mol. The number of ether oxygens (including phenoxy) is 1. The van der Waals surface area contributed by atoms with E-state index in [0.717, 1.165) is 6.42 Å². The molecular weight excluding hydrogens is 322 g/mol. The lowest BCUT2D eigenvalue weighted by Crippen LogP contribution is -2.30. The van der Waals surface area contributed by atoms with Gasteiger partial charge in [-0.05, 0) is 43.5 Å². The third-order valence-corrected chi connectivity index (χ3v) is 4.20. The fraction of sp³-hybridized carbons (Fsp3) is 0.450. The molecule has 1 atom stereocenters.